The van der Waals surface area contributed by atoms with Crippen LogP contribution in [0.2, 0.25) is 0 Å². The van der Waals surface area contributed by atoms with Crippen LogP contribution in [-0.4, -0.2) is 59.7 Å². The number of piperazine rings is 1. The van der Waals surface area contributed by atoms with E-state index < -0.39 is 10.0 Å². The molecule has 0 bridgehead atoms. The average molecular weight is 442 g/mol. The van der Waals surface area contributed by atoms with Crippen molar-refractivity contribution in [1.82, 2.24) is 14.9 Å². The van der Waals surface area contributed by atoms with Gasteiger partial charge >= 0.3 is 0 Å². The van der Waals surface area contributed by atoms with Crippen LogP contribution in [0.1, 0.15) is 37.3 Å². The van der Waals surface area contributed by atoms with E-state index in [1.165, 1.54) is 0 Å². The van der Waals surface area contributed by atoms with Crippen molar-refractivity contribution in [3.05, 3.63) is 23.3 Å². The third kappa shape index (κ3) is 7.40. The van der Waals surface area contributed by atoms with Gasteiger partial charge in [0, 0.05) is 32.7 Å². The first-order valence-electron chi connectivity index (χ1n) is 8.96. The van der Waals surface area contributed by atoms with Crippen LogP contribution in [0.4, 0.5) is 0 Å². The predicted molar refractivity (Wildman–Crippen MR) is 115 cm³/mol. The minimum atomic E-state index is -3.51. The SMILES string of the molecule is COc1cc(C)c(S(=O)(=O)NCCCN2CCNCC2)cc1C(C)C.Cl.Cl. The van der Waals surface area contributed by atoms with Crippen LogP contribution < -0.4 is 14.8 Å². The van der Waals surface area contributed by atoms with Crippen molar-refractivity contribution in [2.75, 3.05) is 46.4 Å². The maximum atomic E-state index is 12.7. The van der Waals surface area contributed by atoms with E-state index in [1.54, 1.807) is 13.2 Å². The second-order valence-corrected chi connectivity index (χ2v) is 8.59. The quantitative estimate of drug-likeness (QED) is 0.606. The number of nitrogens with zero attached hydrogens (tertiary/aromatic N) is 1. The van der Waals surface area contributed by atoms with Crippen LogP contribution in [-0.2, 0) is 10.0 Å². The van der Waals surface area contributed by atoms with Gasteiger partial charge in [0.1, 0.15) is 5.75 Å². The van der Waals surface area contributed by atoms with Gasteiger partial charge in [0.05, 0.1) is 12.0 Å². The molecule has 0 aromatic heterocycles. The van der Waals surface area contributed by atoms with Crippen LogP contribution in [0.5, 0.6) is 5.75 Å². The minimum Gasteiger partial charge on any atom is -0.496 e. The Bertz CT molecular complexity index is 679. The number of ether oxygens (including phenoxy) is 1. The van der Waals surface area contributed by atoms with Gasteiger partial charge in [-0.25, -0.2) is 13.1 Å². The molecular weight excluding hydrogens is 409 g/mol. The first-order chi connectivity index (χ1) is 11.8. The smallest absolute Gasteiger partial charge is 0.240 e. The summed E-state index contributed by atoms with van der Waals surface area (Å²) in [6, 6.07) is 3.56. The summed E-state index contributed by atoms with van der Waals surface area (Å²) in [5.74, 6) is 0.933. The zero-order valence-electron chi connectivity index (χ0n) is 16.6. The van der Waals surface area contributed by atoms with Crippen molar-refractivity contribution in [3.63, 3.8) is 0 Å². The Balaban J connectivity index is 0.00000338. The fourth-order valence-corrected chi connectivity index (χ4v) is 4.45. The zero-order chi connectivity index (χ0) is 18.4. The third-order valence-corrected chi connectivity index (χ3v) is 6.19. The van der Waals surface area contributed by atoms with E-state index in [2.05, 4.69) is 14.9 Å². The first-order valence-corrected chi connectivity index (χ1v) is 10.4. The van der Waals surface area contributed by atoms with Crippen LogP contribution in [0.15, 0.2) is 17.0 Å². The Morgan fingerprint density at radius 3 is 2.41 bits per heavy atom. The summed E-state index contributed by atoms with van der Waals surface area (Å²) in [7, 11) is -1.90. The van der Waals surface area contributed by atoms with Gasteiger partial charge in [-0.15, -0.1) is 24.8 Å². The molecule has 0 unspecified atom stereocenters. The number of benzene rings is 1. The highest BCUT2D eigenvalue weighted by Crippen LogP contribution is 2.31. The summed E-state index contributed by atoms with van der Waals surface area (Å²) in [5, 5.41) is 3.32. The van der Waals surface area contributed by atoms with E-state index >= 15 is 0 Å². The molecule has 0 spiro atoms. The second kappa shape index (κ2) is 12.1. The number of methoxy groups -OCH3 is 1. The van der Waals surface area contributed by atoms with Crippen molar-refractivity contribution in [2.24, 2.45) is 0 Å². The number of halogens is 2. The van der Waals surface area contributed by atoms with E-state index in [0.717, 1.165) is 50.5 Å². The fraction of sp³-hybridized carbons (Fsp3) is 0.667. The van der Waals surface area contributed by atoms with Crippen LogP contribution in [0.3, 0.4) is 0 Å². The number of hydrogen-bond donors (Lipinski definition) is 2. The number of sulfonamides is 1. The van der Waals surface area contributed by atoms with E-state index in [-0.39, 0.29) is 30.7 Å². The number of nitrogens with one attached hydrogen (secondary N) is 2. The summed E-state index contributed by atoms with van der Waals surface area (Å²) >= 11 is 0. The third-order valence-electron chi connectivity index (χ3n) is 4.59. The molecule has 1 heterocycles. The maximum absolute atomic E-state index is 12.7. The number of rotatable bonds is 8. The average Bonchev–Trinajstić information content (AvgIpc) is 2.58. The topological polar surface area (TPSA) is 70.7 Å². The van der Waals surface area contributed by atoms with Gasteiger partial charge in [-0.3, -0.25) is 0 Å². The van der Waals surface area contributed by atoms with E-state index in [9.17, 15) is 8.42 Å². The molecule has 1 aliphatic rings. The molecule has 0 amide bonds. The van der Waals surface area contributed by atoms with Crippen LogP contribution >= 0.6 is 24.8 Å². The molecule has 0 saturated carbocycles. The molecule has 6 nitrogen and oxygen atoms in total. The predicted octanol–water partition coefficient (Wildman–Crippen LogP) is 2.54. The molecular formula is C18H33Cl2N3O3S. The van der Waals surface area contributed by atoms with Crippen molar-refractivity contribution < 1.29 is 13.2 Å². The molecule has 0 atom stereocenters. The van der Waals surface area contributed by atoms with Crippen LogP contribution in [0, 0.1) is 6.92 Å². The van der Waals surface area contributed by atoms with Crippen molar-refractivity contribution in [1.29, 1.82) is 0 Å². The lowest BCUT2D eigenvalue weighted by atomic mass is 10.0. The summed E-state index contributed by atoms with van der Waals surface area (Å²) in [4.78, 5) is 2.71. The largest absolute Gasteiger partial charge is 0.496 e. The van der Waals surface area contributed by atoms with Gasteiger partial charge in [-0.05, 0) is 49.1 Å². The molecule has 158 valence electrons. The molecule has 0 radical (unpaired) electrons. The maximum Gasteiger partial charge on any atom is 0.240 e. The summed E-state index contributed by atoms with van der Waals surface area (Å²) < 4.78 is 33.5. The molecule has 0 aliphatic carbocycles. The van der Waals surface area contributed by atoms with E-state index in [0.29, 0.717) is 17.0 Å². The fourth-order valence-electron chi connectivity index (χ4n) is 3.12. The number of aryl methyl sites for hydroxylation is 1. The van der Waals surface area contributed by atoms with Gasteiger partial charge in [0.15, 0.2) is 0 Å². The highest BCUT2D eigenvalue weighted by molar-refractivity contribution is 7.89. The second-order valence-electron chi connectivity index (χ2n) is 6.86. The highest BCUT2D eigenvalue weighted by atomic mass is 35.5. The summed E-state index contributed by atoms with van der Waals surface area (Å²) in [5.41, 5.74) is 1.62. The van der Waals surface area contributed by atoms with E-state index in [1.807, 2.05) is 26.8 Å². The zero-order valence-corrected chi connectivity index (χ0v) is 19.0. The molecule has 27 heavy (non-hydrogen) atoms. The normalized spacial score (nSPS) is 15.1. The van der Waals surface area contributed by atoms with Gasteiger partial charge in [0.25, 0.3) is 0 Å². The van der Waals surface area contributed by atoms with Gasteiger partial charge in [0.2, 0.25) is 10.0 Å². The van der Waals surface area contributed by atoms with Crippen molar-refractivity contribution in [2.45, 2.75) is 38.0 Å². The lowest BCUT2D eigenvalue weighted by Crippen LogP contribution is -2.44. The van der Waals surface area contributed by atoms with Crippen molar-refractivity contribution in [3.8, 4) is 5.75 Å². The molecule has 2 N–H and O–H groups in total. The molecule has 1 aromatic carbocycles. The molecule has 1 fully saturated rings. The molecule has 9 heteroatoms. The van der Waals surface area contributed by atoms with Crippen LogP contribution in [0.25, 0.3) is 0 Å². The van der Waals surface area contributed by atoms with E-state index in [4.69, 9.17) is 4.74 Å². The van der Waals surface area contributed by atoms with Gasteiger partial charge < -0.3 is 15.0 Å². The Morgan fingerprint density at radius 1 is 1.22 bits per heavy atom. The monoisotopic (exact) mass is 441 g/mol. The highest BCUT2D eigenvalue weighted by Gasteiger charge is 2.20. The molecule has 1 aliphatic heterocycles. The van der Waals surface area contributed by atoms with Gasteiger partial charge in [-0.2, -0.15) is 0 Å². The Hall–Kier alpha value is -0.570. The first kappa shape index (κ1) is 26.4. The standard InChI is InChI=1S/C18H31N3O3S.2ClH/c1-14(2)16-13-18(15(3)12-17(16)24-4)25(22,23)20-6-5-9-21-10-7-19-8-11-21;;/h12-14,19-20H,5-11H2,1-4H3;2*1H. The Morgan fingerprint density at radius 2 is 1.85 bits per heavy atom. The lowest BCUT2D eigenvalue weighted by Gasteiger charge is -2.27. The van der Waals surface area contributed by atoms with Gasteiger partial charge in [-0.1, -0.05) is 13.8 Å². The molecule has 1 aromatic rings. The lowest BCUT2D eigenvalue weighted by molar-refractivity contribution is 0.239. The Labute approximate surface area is 176 Å². The summed E-state index contributed by atoms with van der Waals surface area (Å²) in [6.45, 7) is 11.3. The Kier molecular flexibility index (Phi) is 11.8. The molecule has 2 rings (SSSR count). The summed E-state index contributed by atoms with van der Waals surface area (Å²) in [6.07, 6.45) is 0.811. The minimum absolute atomic E-state index is 0. The van der Waals surface area contributed by atoms with Crippen molar-refractivity contribution >= 4 is 34.8 Å². The number of hydrogen-bond acceptors (Lipinski definition) is 5. The molecule has 1 saturated heterocycles.